The van der Waals surface area contributed by atoms with Gasteiger partial charge >= 0.3 is 5.97 Å². The predicted octanol–water partition coefficient (Wildman–Crippen LogP) is 21.2. The lowest BCUT2D eigenvalue weighted by Crippen LogP contribution is -2.51. The number of aromatic hydroxyl groups is 1. The Morgan fingerprint density at radius 1 is 0.628 bits per heavy atom. The highest BCUT2D eigenvalue weighted by Crippen LogP contribution is 2.67. The summed E-state index contributed by atoms with van der Waals surface area (Å²) in [6.07, 6.45) is 48.4. The third kappa shape index (κ3) is 22.7. The van der Waals surface area contributed by atoms with Crippen molar-refractivity contribution in [1.29, 1.82) is 0 Å². The van der Waals surface area contributed by atoms with Crippen LogP contribution in [0.4, 0.5) is 0 Å². The van der Waals surface area contributed by atoms with Gasteiger partial charge in [0.25, 0.3) is 5.91 Å². The quantitative estimate of drug-likeness (QED) is 0.0221. The highest BCUT2D eigenvalue weighted by atomic mass is 16.5. The number of unbranched alkanes of at least 4 members (excludes halogenated alkanes) is 22. The van der Waals surface area contributed by atoms with Crippen LogP contribution in [0.25, 0.3) is 0 Å². The molecule has 6 rings (SSSR count). The molecule has 486 valence electrons. The molecule has 0 bridgehead atoms. The molecule has 2 aromatic carbocycles. The first-order chi connectivity index (χ1) is 41.8. The van der Waals surface area contributed by atoms with Crippen LogP contribution >= 0.6 is 0 Å². The first-order valence-electron chi connectivity index (χ1n) is 36.1. The fourth-order valence-corrected chi connectivity index (χ4v) is 15.8. The molecule has 2 aromatic rings. The maximum atomic E-state index is 13.9. The number of allylic oxidation sites excluding steroid dienone is 1. The molecule has 4 aliphatic rings. The van der Waals surface area contributed by atoms with Gasteiger partial charge in [0.05, 0.1) is 32.6 Å². The average molecular weight is 1190 g/mol. The van der Waals surface area contributed by atoms with Gasteiger partial charge in [-0.2, -0.15) is 5.10 Å². The number of fused-ring (bicyclic) bond motifs is 5. The Kier molecular flexibility index (Phi) is 32.2. The van der Waals surface area contributed by atoms with Gasteiger partial charge in [-0.1, -0.05) is 221 Å². The Balaban J connectivity index is 0.964. The minimum atomic E-state index is -0.421. The van der Waals surface area contributed by atoms with Crippen LogP contribution in [0.1, 0.15) is 315 Å². The highest BCUT2D eigenvalue weighted by Gasteiger charge is 2.59. The highest BCUT2D eigenvalue weighted by molar-refractivity contribution is 5.96. The van der Waals surface area contributed by atoms with E-state index in [0.717, 1.165) is 93.3 Å². The van der Waals surface area contributed by atoms with Crippen molar-refractivity contribution in [1.82, 2.24) is 5.43 Å². The minimum absolute atomic E-state index is 0.0192. The number of carbonyl (C=O) groups excluding carboxylic acids is 2. The Morgan fingerprint density at radius 2 is 1.19 bits per heavy atom. The van der Waals surface area contributed by atoms with Crippen LogP contribution in [0.5, 0.6) is 28.7 Å². The van der Waals surface area contributed by atoms with Gasteiger partial charge in [-0.05, 0) is 148 Å². The first-order valence-corrected chi connectivity index (χ1v) is 36.1. The number of phenols is 1. The van der Waals surface area contributed by atoms with Crippen LogP contribution in [0.15, 0.2) is 47.1 Å². The van der Waals surface area contributed by atoms with Gasteiger partial charge in [-0.25, -0.2) is 5.43 Å². The number of benzene rings is 2. The summed E-state index contributed by atoms with van der Waals surface area (Å²) in [5.41, 5.74) is 5.75. The van der Waals surface area contributed by atoms with Crippen LogP contribution in [0.2, 0.25) is 0 Å². The first kappa shape index (κ1) is 70.9. The predicted molar refractivity (Wildman–Crippen MR) is 356 cm³/mol. The standard InChI is InChI=1S/C76H124N2O8/c1-9-12-15-18-21-24-27-31-50-83-70-53-61(54-71(84-51-32-28-25-22-19-16-13-10-2)73(70)85-52-33-29-26-23-20-17-14-11-3)74(81)78-77-57-60-39-41-63(56-69(60)79)82-49-34-30-38-72(80)86-64-45-47-75(7)62(55-64)40-42-65-67-44-43-66(59(6)37-35-36-58(4)5)76(67,8)48-46-68(65)75/h39-41,53-54,56-59,64-68,79H,9-38,42-52,55H2,1-8H3,(H,78,81)/b77-57+/t59-,64+,65+,66-,67+,68+,75+,76-/m1/s1. The lowest BCUT2D eigenvalue weighted by molar-refractivity contribution is -0.151. The fraction of sp³-hybridized carbons (Fsp3) is 0.776. The lowest BCUT2D eigenvalue weighted by Gasteiger charge is -2.58. The molecular formula is C76H124N2O8. The van der Waals surface area contributed by atoms with E-state index in [1.54, 1.807) is 35.9 Å². The maximum absolute atomic E-state index is 13.9. The van der Waals surface area contributed by atoms with E-state index in [1.165, 1.54) is 173 Å². The van der Waals surface area contributed by atoms with E-state index in [0.29, 0.717) is 85.2 Å². The molecule has 3 fully saturated rings. The van der Waals surface area contributed by atoms with E-state index < -0.39 is 5.91 Å². The summed E-state index contributed by atoms with van der Waals surface area (Å²) in [5.74, 6) is 6.47. The van der Waals surface area contributed by atoms with E-state index in [1.807, 2.05) is 0 Å². The molecule has 0 unspecified atom stereocenters. The van der Waals surface area contributed by atoms with Crippen molar-refractivity contribution in [3.8, 4) is 28.7 Å². The molecule has 86 heavy (non-hydrogen) atoms. The van der Waals surface area contributed by atoms with Gasteiger partial charge in [0.15, 0.2) is 11.5 Å². The largest absolute Gasteiger partial charge is 0.507 e. The summed E-state index contributed by atoms with van der Waals surface area (Å²) in [7, 11) is 0. The van der Waals surface area contributed by atoms with E-state index in [-0.39, 0.29) is 23.2 Å². The second kappa shape index (κ2) is 39.0. The molecule has 10 heteroatoms. The summed E-state index contributed by atoms with van der Waals surface area (Å²) < 4.78 is 31.7. The second-order valence-corrected chi connectivity index (χ2v) is 28.1. The summed E-state index contributed by atoms with van der Waals surface area (Å²) in [5, 5.41) is 15.3. The minimum Gasteiger partial charge on any atom is -0.507 e. The SMILES string of the molecule is CCCCCCCCCCOc1cc(C(=O)N/N=C/c2ccc(OCCCCC(=O)O[C@H]3CC[C@@]4(C)C(=CC[C@H]5[C@@H]6CC[C@H]([C@H](C)CCCC(C)C)[C@@]6(C)CC[C@@H]54)C3)cc2O)cc(OCCCCCCCCCC)c1OCCCCCCCCCC. The monoisotopic (exact) mass is 1190 g/mol. The molecule has 2 N–H and O–H groups in total. The van der Waals surface area contributed by atoms with Gasteiger partial charge in [0.2, 0.25) is 5.75 Å². The molecule has 0 aliphatic heterocycles. The van der Waals surface area contributed by atoms with Crippen molar-refractivity contribution in [2.24, 2.45) is 51.4 Å². The number of rotatable bonds is 45. The van der Waals surface area contributed by atoms with Crippen LogP contribution < -0.4 is 24.4 Å². The molecule has 0 heterocycles. The number of hydrazone groups is 1. The van der Waals surface area contributed by atoms with E-state index in [4.69, 9.17) is 23.7 Å². The van der Waals surface area contributed by atoms with Crippen molar-refractivity contribution in [2.45, 2.75) is 305 Å². The number of carbonyl (C=O) groups is 2. The zero-order valence-corrected chi connectivity index (χ0v) is 56.0. The summed E-state index contributed by atoms with van der Waals surface area (Å²) in [6.45, 7) is 21.3. The average Bonchev–Trinajstić information content (AvgIpc) is 1.41. The molecule has 8 atom stereocenters. The second-order valence-electron chi connectivity index (χ2n) is 28.1. The number of nitrogens with zero attached hydrogens (tertiary/aromatic N) is 1. The van der Waals surface area contributed by atoms with Crippen LogP contribution in [-0.4, -0.2) is 55.7 Å². The van der Waals surface area contributed by atoms with Crippen molar-refractivity contribution in [3.63, 3.8) is 0 Å². The number of hydrogen-bond donors (Lipinski definition) is 2. The zero-order chi connectivity index (χ0) is 61.4. The third-order valence-electron chi connectivity index (χ3n) is 21.0. The Morgan fingerprint density at radius 3 is 1.77 bits per heavy atom. The lowest BCUT2D eigenvalue weighted by atomic mass is 9.47. The Bertz CT molecular complexity index is 2270. The van der Waals surface area contributed by atoms with Crippen molar-refractivity contribution < 1.29 is 38.4 Å². The summed E-state index contributed by atoms with van der Waals surface area (Å²) >= 11 is 0. The van der Waals surface area contributed by atoms with E-state index >= 15 is 0 Å². The van der Waals surface area contributed by atoms with Crippen molar-refractivity contribution >= 4 is 18.1 Å². The molecule has 10 nitrogen and oxygen atoms in total. The molecule has 1 amide bonds. The summed E-state index contributed by atoms with van der Waals surface area (Å²) in [6, 6.07) is 8.56. The zero-order valence-electron chi connectivity index (χ0n) is 56.0. The normalized spacial score (nSPS) is 22.9. The van der Waals surface area contributed by atoms with Crippen LogP contribution in [0, 0.1) is 46.3 Å². The molecule has 0 radical (unpaired) electrons. The molecular weight excluding hydrogens is 1070 g/mol. The molecule has 4 aliphatic carbocycles. The molecule has 0 aromatic heterocycles. The van der Waals surface area contributed by atoms with Gasteiger partial charge in [0, 0.05) is 30.0 Å². The molecule has 0 spiro atoms. The topological polar surface area (TPSA) is 125 Å². The number of ether oxygens (including phenoxy) is 5. The smallest absolute Gasteiger partial charge is 0.306 e. The third-order valence-corrected chi connectivity index (χ3v) is 21.0. The van der Waals surface area contributed by atoms with Crippen molar-refractivity contribution in [3.05, 3.63) is 53.1 Å². The van der Waals surface area contributed by atoms with Gasteiger partial charge in [0.1, 0.15) is 17.6 Å². The van der Waals surface area contributed by atoms with Crippen LogP contribution in [-0.2, 0) is 9.53 Å². The Hall–Kier alpha value is -4.21. The Labute approximate surface area is 524 Å². The van der Waals surface area contributed by atoms with Crippen molar-refractivity contribution in [2.75, 3.05) is 26.4 Å². The molecule has 0 saturated heterocycles. The number of nitrogens with one attached hydrogen (secondary N) is 1. The molecule has 3 saturated carbocycles. The fourth-order valence-electron chi connectivity index (χ4n) is 15.8. The number of hydrogen-bond acceptors (Lipinski definition) is 9. The van der Waals surface area contributed by atoms with Crippen LogP contribution in [0.3, 0.4) is 0 Å². The maximum Gasteiger partial charge on any atom is 0.306 e. The van der Waals surface area contributed by atoms with Gasteiger partial charge in [-0.15, -0.1) is 0 Å². The van der Waals surface area contributed by atoms with E-state index in [2.05, 4.69) is 72.0 Å². The number of amides is 1. The number of phenolic OH excluding ortho intramolecular Hbond substituents is 1. The van der Waals surface area contributed by atoms with Gasteiger partial charge < -0.3 is 28.8 Å². The number of esters is 1. The van der Waals surface area contributed by atoms with E-state index in [9.17, 15) is 14.7 Å². The summed E-state index contributed by atoms with van der Waals surface area (Å²) in [4.78, 5) is 27.1. The van der Waals surface area contributed by atoms with Gasteiger partial charge in [-0.3, -0.25) is 9.59 Å².